The number of phosphoric acid groups is 1. The number of nitrogen functional groups attached to an aromatic ring is 1. The molecule has 2 aromatic heterocycles. The van der Waals surface area contributed by atoms with Crippen molar-refractivity contribution >= 4 is 35.7 Å². The molecule has 1 aliphatic heterocycles. The molecule has 0 spiro atoms. The number of phosphoric ester groups is 1. The Morgan fingerprint density at radius 2 is 1.91 bits per heavy atom. The predicted molar refractivity (Wildman–Crippen MR) is 122 cm³/mol. The molecule has 1 aliphatic rings. The molecular weight excluding hydrogens is 481 g/mol. The lowest BCUT2D eigenvalue weighted by Crippen LogP contribution is -2.46. The highest BCUT2D eigenvalue weighted by molar-refractivity contribution is 7.46. The Labute approximate surface area is 197 Å². The third-order valence-electron chi connectivity index (χ3n) is 5.88. The van der Waals surface area contributed by atoms with E-state index in [0.29, 0.717) is 0 Å². The minimum atomic E-state index is -4.82. The number of nitrogens with zero attached hydrogens (tertiary/aromatic N) is 3. The van der Waals surface area contributed by atoms with Gasteiger partial charge in [0.1, 0.15) is 18.3 Å². The van der Waals surface area contributed by atoms with Crippen molar-refractivity contribution in [3.05, 3.63) is 64.7 Å². The number of aliphatic hydroxyl groups is 2. The van der Waals surface area contributed by atoms with Crippen LogP contribution in [-0.2, 0) is 20.4 Å². The summed E-state index contributed by atoms with van der Waals surface area (Å²) in [7, 11) is -4.82. The molecule has 0 bridgehead atoms. The number of hydrogen-bond donors (Lipinski definition) is 6. The van der Waals surface area contributed by atoms with E-state index < -0.39 is 44.5 Å². The lowest BCUT2D eigenvalue weighted by molar-refractivity contribution is -0.745. The van der Waals surface area contributed by atoms with Crippen LogP contribution in [0.3, 0.4) is 0 Å². The zero-order chi connectivity index (χ0) is 24.9. The Bertz CT molecular complexity index is 1510. The number of H-pyrrole nitrogens is 1. The summed E-state index contributed by atoms with van der Waals surface area (Å²) in [5, 5.41) is 23.1. The van der Waals surface area contributed by atoms with Crippen LogP contribution in [0, 0.1) is 0 Å². The lowest BCUT2D eigenvalue weighted by Gasteiger charge is -2.14. The van der Waals surface area contributed by atoms with Crippen LogP contribution in [0.5, 0.6) is 0 Å². The van der Waals surface area contributed by atoms with Crippen LogP contribution in [0.4, 0.5) is 5.95 Å². The average molecular weight is 504 g/mol. The van der Waals surface area contributed by atoms with Crippen molar-refractivity contribution in [1.82, 2.24) is 14.5 Å². The molecule has 35 heavy (non-hydrogen) atoms. The Balaban J connectivity index is 1.54. The molecule has 1 fully saturated rings. The fraction of sp³-hybridized carbons (Fsp3) is 0.286. The quantitative estimate of drug-likeness (QED) is 0.147. The standard InChI is InChI=1S/C21H22N5O8P/c22-21-23-18-15(19(29)24-21)25(8-11-5-6-12-3-1-2-4-13(12)7-11)10-26(18)20-17(28)16(27)14(34-20)9-33-35(30,31)32/h1-7,10,14,16-17,20,27-28H,8-9H2,(H4-,22,23,24,29,30,31,32)/p+1/t14-,16-,17-,20-/m1/s1. The van der Waals surface area contributed by atoms with E-state index in [1.165, 1.54) is 10.9 Å². The fourth-order valence-corrected chi connectivity index (χ4v) is 4.62. The molecule has 5 rings (SSSR count). The minimum absolute atomic E-state index is 0.0971. The van der Waals surface area contributed by atoms with Crippen LogP contribution in [0.1, 0.15) is 11.8 Å². The lowest BCUT2D eigenvalue weighted by atomic mass is 10.1. The van der Waals surface area contributed by atoms with Gasteiger partial charge in [-0.25, -0.2) is 9.13 Å². The summed E-state index contributed by atoms with van der Waals surface area (Å²) in [4.78, 5) is 37.3. The number of nitrogens with one attached hydrogen (secondary N) is 1. The van der Waals surface area contributed by atoms with Crippen molar-refractivity contribution in [2.24, 2.45) is 0 Å². The Kier molecular flexibility index (Phi) is 5.93. The van der Waals surface area contributed by atoms with Crippen molar-refractivity contribution in [3.63, 3.8) is 0 Å². The molecule has 0 radical (unpaired) electrons. The normalized spacial score (nSPS) is 22.9. The number of benzene rings is 2. The minimum Gasteiger partial charge on any atom is -0.387 e. The number of anilines is 1. The highest BCUT2D eigenvalue weighted by Crippen LogP contribution is 2.37. The summed E-state index contributed by atoms with van der Waals surface area (Å²) < 4.78 is 24.1. The van der Waals surface area contributed by atoms with Crippen molar-refractivity contribution in [2.75, 3.05) is 12.3 Å². The second-order valence-corrected chi connectivity index (χ2v) is 9.53. The van der Waals surface area contributed by atoms with Gasteiger partial charge in [-0.15, -0.1) is 0 Å². The second-order valence-electron chi connectivity index (χ2n) is 8.29. The van der Waals surface area contributed by atoms with E-state index in [2.05, 4.69) is 14.5 Å². The number of ether oxygens (including phenoxy) is 1. The molecule has 184 valence electrons. The van der Waals surface area contributed by atoms with Gasteiger partial charge in [-0.1, -0.05) is 41.4 Å². The maximum Gasteiger partial charge on any atom is 0.469 e. The van der Waals surface area contributed by atoms with E-state index in [1.807, 2.05) is 42.5 Å². The Morgan fingerprint density at radius 1 is 1.17 bits per heavy atom. The van der Waals surface area contributed by atoms with Crippen molar-refractivity contribution in [2.45, 2.75) is 31.1 Å². The number of aliphatic hydroxyl groups excluding tert-OH is 2. The molecule has 1 saturated heterocycles. The van der Waals surface area contributed by atoms with Crippen molar-refractivity contribution in [3.8, 4) is 0 Å². The maximum atomic E-state index is 12.8. The van der Waals surface area contributed by atoms with Gasteiger partial charge in [0.15, 0.2) is 6.33 Å². The molecule has 14 heteroatoms. The second kappa shape index (κ2) is 8.81. The van der Waals surface area contributed by atoms with Gasteiger partial charge in [-0.05, 0) is 22.4 Å². The molecule has 2 aromatic carbocycles. The molecule has 7 N–H and O–H groups in total. The molecule has 3 heterocycles. The smallest absolute Gasteiger partial charge is 0.387 e. The largest absolute Gasteiger partial charge is 0.469 e. The average Bonchev–Trinajstić information content (AvgIpc) is 3.29. The monoisotopic (exact) mass is 504 g/mol. The number of fused-ring (bicyclic) bond motifs is 2. The van der Waals surface area contributed by atoms with Gasteiger partial charge < -0.3 is 30.5 Å². The number of nitrogens with two attached hydrogens (primary N) is 1. The van der Waals surface area contributed by atoms with Crippen LogP contribution in [0.25, 0.3) is 21.9 Å². The number of hydrogen-bond acceptors (Lipinski definition) is 8. The van der Waals surface area contributed by atoms with Gasteiger partial charge in [0.25, 0.3) is 11.5 Å². The highest BCUT2D eigenvalue weighted by Gasteiger charge is 2.47. The predicted octanol–water partition coefficient (Wildman–Crippen LogP) is -0.476. The summed E-state index contributed by atoms with van der Waals surface area (Å²) in [5.74, 6) is -0.158. The van der Waals surface area contributed by atoms with E-state index in [1.54, 1.807) is 4.57 Å². The summed E-state index contributed by atoms with van der Waals surface area (Å²) in [5.41, 5.74) is 6.39. The first-order valence-electron chi connectivity index (χ1n) is 10.6. The number of aromatic amines is 1. The molecule has 4 aromatic rings. The number of rotatable bonds is 6. The molecule has 0 aliphatic carbocycles. The third kappa shape index (κ3) is 4.58. The van der Waals surface area contributed by atoms with Gasteiger partial charge in [0.2, 0.25) is 11.7 Å². The molecular formula is C21H23N5O8P+. The Morgan fingerprint density at radius 3 is 2.66 bits per heavy atom. The van der Waals surface area contributed by atoms with Crippen LogP contribution < -0.4 is 15.9 Å². The van der Waals surface area contributed by atoms with E-state index in [4.69, 9.17) is 20.3 Å². The summed E-state index contributed by atoms with van der Waals surface area (Å²) in [6.45, 7) is -0.384. The van der Waals surface area contributed by atoms with Crippen LogP contribution in [0.2, 0.25) is 0 Å². The molecule has 4 atom stereocenters. The van der Waals surface area contributed by atoms with E-state index in [-0.39, 0.29) is 23.7 Å². The van der Waals surface area contributed by atoms with E-state index in [0.717, 1.165) is 16.3 Å². The van der Waals surface area contributed by atoms with Gasteiger partial charge in [0, 0.05) is 0 Å². The molecule has 0 amide bonds. The maximum absolute atomic E-state index is 12.8. The first-order chi connectivity index (χ1) is 16.6. The van der Waals surface area contributed by atoms with Gasteiger partial charge in [-0.2, -0.15) is 0 Å². The third-order valence-corrected chi connectivity index (χ3v) is 6.36. The summed E-state index contributed by atoms with van der Waals surface area (Å²) >= 11 is 0. The first kappa shape index (κ1) is 23.6. The van der Waals surface area contributed by atoms with Gasteiger partial charge in [0.05, 0.1) is 13.2 Å². The van der Waals surface area contributed by atoms with Crippen LogP contribution >= 0.6 is 7.82 Å². The number of aromatic nitrogens is 4. The molecule has 13 nitrogen and oxygen atoms in total. The zero-order valence-electron chi connectivity index (χ0n) is 18.1. The van der Waals surface area contributed by atoms with Gasteiger partial charge in [-0.3, -0.25) is 18.9 Å². The zero-order valence-corrected chi connectivity index (χ0v) is 19.0. The van der Waals surface area contributed by atoms with Crippen LogP contribution in [0.15, 0.2) is 53.6 Å². The van der Waals surface area contributed by atoms with Gasteiger partial charge >= 0.3 is 13.5 Å². The first-order valence-corrected chi connectivity index (χ1v) is 12.1. The summed E-state index contributed by atoms with van der Waals surface area (Å²) in [6.07, 6.45) is -3.99. The van der Waals surface area contributed by atoms with Crippen molar-refractivity contribution < 1.29 is 38.4 Å². The highest BCUT2D eigenvalue weighted by atomic mass is 31.2. The van der Waals surface area contributed by atoms with Crippen molar-refractivity contribution in [1.29, 1.82) is 0 Å². The van der Waals surface area contributed by atoms with E-state index in [9.17, 15) is 19.6 Å². The topological polar surface area (TPSA) is 197 Å². The Hall–Kier alpha value is -3.16. The number of imidazole rings is 1. The fourth-order valence-electron chi connectivity index (χ4n) is 4.28. The molecule has 0 saturated carbocycles. The van der Waals surface area contributed by atoms with Crippen LogP contribution in [-0.4, -0.2) is 59.5 Å². The summed E-state index contributed by atoms with van der Waals surface area (Å²) in [6, 6.07) is 13.7. The SMILES string of the molecule is Nc1nc2c(c(=O)[nH]1)n(Cc1ccc3ccccc3c1)c[n+]2[C@@H]1O[C@H](COP(=O)(O)O)[C@@H](O)[C@H]1O. The molecule has 0 unspecified atom stereocenters. The van der Waals surface area contributed by atoms with E-state index >= 15 is 0 Å².